The van der Waals surface area contributed by atoms with Gasteiger partial charge in [0.1, 0.15) is 11.5 Å². The number of aromatic nitrogens is 1. The predicted octanol–water partition coefficient (Wildman–Crippen LogP) is 5.92. The van der Waals surface area contributed by atoms with Crippen LogP contribution in [-0.2, 0) is 11.3 Å². The minimum absolute atomic E-state index is 0.0316. The van der Waals surface area contributed by atoms with Crippen LogP contribution in [0.15, 0.2) is 70.2 Å². The van der Waals surface area contributed by atoms with E-state index >= 15 is 0 Å². The molecule has 4 aromatic rings. The van der Waals surface area contributed by atoms with E-state index in [-0.39, 0.29) is 5.91 Å². The maximum atomic E-state index is 13.1. The number of rotatable bonds is 8. The molecular formula is C23H22N2O3S2. The highest BCUT2D eigenvalue weighted by molar-refractivity contribution is 7.99. The van der Waals surface area contributed by atoms with Gasteiger partial charge in [0.2, 0.25) is 5.91 Å². The Bertz CT molecular complexity index is 1120. The number of fused-ring (bicyclic) bond motifs is 1. The maximum Gasteiger partial charge on any atom is 0.230 e. The summed E-state index contributed by atoms with van der Waals surface area (Å²) in [6, 6.07) is 17.7. The summed E-state index contributed by atoms with van der Waals surface area (Å²) in [6.07, 6.45) is 2.03. The Kier molecular flexibility index (Phi) is 6.40. The van der Waals surface area contributed by atoms with Crippen molar-refractivity contribution in [2.75, 3.05) is 17.8 Å². The molecule has 0 spiro atoms. The molecule has 0 radical (unpaired) electrons. The van der Waals surface area contributed by atoms with Crippen molar-refractivity contribution in [3.63, 3.8) is 0 Å². The number of ether oxygens (including phenoxy) is 1. The molecule has 2 aromatic carbocycles. The molecule has 0 fully saturated rings. The van der Waals surface area contributed by atoms with Crippen molar-refractivity contribution in [2.45, 2.75) is 24.8 Å². The van der Waals surface area contributed by atoms with Gasteiger partial charge in [-0.15, -0.1) is 11.8 Å². The number of para-hydroxylation sites is 1. The topological polar surface area (TPSA) is 55.6 Å². The van der Waals surface area contributed by atoms with Gasteiger partial charge in [-0.1, -0.05) is 23.5 Å². The van der Waals surface area contributed by atoms with Crippen molar-refractivity contribution >= 4 is 44.4 Å². The number of thiazole rings is 1. The van der Waals surface area contributed by atoms with E-state index in [1.54, 1.807) is 30.0 Å². The standard InChI is InChI=1S/C23H22N2O3S2/c1-16-5-3-7-20-22(16)24-23(30-20)25(15-18-6-4-13-28-18)21(26)12-14-29-19-10-8-17(27-2)9-11-19/h3-11,13H,12,14-15H2,1-2H3. The third kappa shape index (κ3) is 4.68. The number of aryl methyl sites for hydroxylation is 1. The molecule has 0 N–H and O–H groups in total. The first kappa shape index (κ1) is 20.5. The van der Waals surface area contributed by atoms with E-state index in [2.05, 4.69) is 0 Å². The van der Waals surface area contributed by atoms with Crippen LogP contribution in [0.4, 0.5) is 5.13 Å². The smallest absolute Gasteiger partial charge is 0.230 e. The summed E-state index contributed by atoms with van der Waals surface area (Å²) in [7, 11) is 1.65. The molecule has 0 saturated heterocycles. The van der Waals surface area contributed by atoms with Gasteiger partial charge < -0.3 is 9.15 Å². The average molecular weight is 439 g/mol. The molecule has 4 rings (SSSR count). The first-order valence-corrected chi connectivity index (χ1v) is 11.4. The molecular weight excluding hydrogens is 416 g/mol. The van der Waals surface area contributed by atoms with Gasteiger partial charge in [-0.25, -0.2) is 4.98 Å². The van der Waals surface area contributed by atoms with Gasteiger partial charge in [0, 0.05) is 17.1 Å². The monoisotopic (exact) mass is 438 g/mol. The highest BCUT2D eigenvalue weighted by Gasteiger charge is 2.21. The van der Waals surface area contributed by atoms with Crippen LogP contribution in [0.25, 0.3) is 10.2 Å². The summed E-state index contributed by atoms with van der Waals surface area (Å²) < 4.78 is 11.8. The second kappa shape index (κ2) is 9.36. The van der Waals surface area contributed by atoms with Gasteiger partial charge >= 0.3 is 0 Å². The molecule has 154 valence electrons. The van der Waals surface area contributed by atoms with Crippen molar-refractivity contribution in [2.24, 2.45) is 0 Å². The lowest BCUT2D eigenvalue weighted by atomic mass is 10.2. The molecule has 0 bridgehead atoms. The van der Waals surface area contributed by atoms with Crippen molar-refractivity contribution < 1.29 is 13.9 Å². The molecule has 2 aromatic heterocycles. The number of hydrogen-bond donors (Lipinski definition) is 0. The zero-order valence-electron chi connectivity index (χ0n) is 16.8. The Hall–Kier alpha value is -2.77. The van der Waals surface area contributed by atoms with Crippen LogP contribution < -0.4 is 9.64 Å². The number of carbonyl (C=O) groups is 1. The largest absolute Gasteiger partial charge is 0.497 e. The molecule has 0 aliphatic rings. The number of carbonyl (C=O) groups excluding carboxylic acids is 1. The highest BCUT2D eigenvalue weighted by atomic mass is 32.2. The Morgan fingerprint density at radius 2 is 2.00 bits per heavy atom. The SMILES string of the molecule is COc1ccc(SCCC(=O)N(Cc2ccco2)c2nc3c(C)cccc3s2)cc1. The number of thioether (sulfide) groups is 1. The van der Waals surface area contributed by atoms with E-state index in [1.165, 1.54) is 11.3 Å². The van der Waals surface area contributed by atoms with Gasteiger partial charge in [0.15, 0.2) is 5.13 Å². The lowest BCUT2D eigenvalue weighted by Crippen LogP contribution is -2.30. The predicted molar refractivity (Wildman–Crippen MR) is 123 cm³/mol. The van der Waals surface area contributed by atoms with Crippen LogP contribution in [0.2, 0.25) is 0 Å². The minimum Gasteiger partial charge on any atom is -0.497 e. The van der Waals surface area contributed by atoms with E-state index in [0.29, 0.717) is 23.8 Å². The summed E-state index contributed by atoms with van der Waals surface area (Å²) in [5.74, 6) is 2.28. The minimum atomic E-state index is 0.0316. The van der Waals surface area contributed by atoms with E-state index in [1.807, 2.05) is 61.5 Å². The third-order valence-electron chi connectivity index (χ3n) is 4.68. The van der Waals surface area contributed by atoms with Crippen molar-refractivity contribution in [3.05, 3.63) is 72.2 Å². The van der Waals surface area contributed by atoms with Gasteiger partial charge in [-0.3, -0.25) is 9.69 Å². The molecule has 0 unspecified atom stereocenters. The van der Waals surface area contributed by atoms with Gasteiger partial charge in [-0.2, -0.15) is 0 Å². The number of anilines is 1. The number of methoxy groups -OCH3 is 1. The maximum absolute atomic E-state index is 13.1. The molecule has 2 heterocycles. The van der Waals surface area contributed by atoms with Crippen LogP contribution in [0.1, 0.15) is 17.7 Å². The van der Waals surface area contributed by atoms with Crippen LogP contribution in [0.5, 0.6) is 5.75 Å². The number of benzene rings is 2. The zero-order chi connectivity index (χ0) is 20.9. The first-order valence-electron chi connectivity index (χ1n) is 9.60. The van der Waals surface area contributed by atoms with Gasteiger partial charge in [0.25, 0.3) is 0 Å². The fourth-order valence-corrected chi connectivity index (χ4v) is 4.97. The molecule has 7 heteroatoms. The number of amides is 1. The first-order chi connectivity index (χ1) is 14.6. The second-order valence-corrected chi connectivity index (χ2v) is 8.93. The second-order valence-electron chi connectivity index (χ2n) is 6.75. The van der Waals surface area contributed by atoms with Crippen molar-refractivity contribution in [1.82, 2.24) is 4.98 Å². The molecule has 1 amide bonds. The van der Waals surface area contributed by atoms with Crippen LogP contribution in [0.3, 0.4) is 0 Å². The summed E-state index contributed by atoms with van der Waals surface area (Å²) in [5.41, 5.74) is 2.05. The quantitative estimate of drug-likeness (QED) is 0.320. The normalized spacial score (nSPS) is 11.0. The molecule has 0 saturated carbocycles. The van der Waals surface area contributed by atoms with Crippen molar-refractivity contribution in [1.29, 1.82) is 0 Å². The average Bonchev–Trinajstić information content (AvgIpc) is 3.43. The number of hydrogen-bond acceptors (Lipinski definition) is 6. The highest BCUT2D eigenvalue weighted by Crippen LogP contribution is 2.32. The number of nitrogens with zero attached hydrogens (tertiary/aromatic N) is 2. The van der Waals surface area contributed by atoms with Crippen LogP contribution in [0, 0.1) is 6.92 Å². The van der Waals surface area contributed by atoms with Gasteiger partial charge in [0.05, 0.1) is 30.1 Å². The lowest BCUT2D eigenvalue weighted by molar-refractivity contribution is -0.118. The van der Waals surface area contributed by atoms with Gasteiger partial charge in [-0.05, 0) is 55.0 Å². The Morgan fingerprint density at radius 1 is 1.17 bits per heavy atom. The summed E-state index contributed by atoms with van der Waals surface area (Å²) in [6.45, 7) is 2.41. The molecule has 0 aliphatic carbocycles. The van der Waals surface area contributed by atoms with E-state index in [4.69, 9.17) is 14.1 Å². The Labute approximate surface area is 183 Å². The molecule has 5 nitrogen and oxygen atoms in total. The molecule has 0 aliphatic heterocycles. The van der Waals surface area contributed by atoms with E-state index in [9.17, 15) is 4.79 Å². The Morgan fingerprint density at radius 3 is 2.70 bits per heavy atom. The summed E-state index contributed by atoms with van der Waals surface area (Å²) in [4.78, 5) is 20.7. The molecule has 30 heavy (non-hydrogen) atoms. The zero-order valence-corrected chi connectivity index (χ0v) is 18.5. The fourth-order valence-electron chi connectivity index (χ4n) is 3.07. The van der Waals surface area contributed by atoms with Crippen molar-refractivity contribution in [3.8, 4) is 5.75 Å². The summed E-state index contributed by atoms with van der Waals surface area (Å²) >= 11 is 3.19. The summed E-state index contributed by atoms with van der Waals surface area (Å²) in [5, 5.41) is 0.704. The lowest BCUT2D eigenvalue weighted by Gasteiger charge is -2.18. The fraction of sp³-hybridized carbons (Fsp3) is 0.217. The van der Waals surface area contributed by atoms with Crippen LogP contribution >= 0.6 is 23.1 Å². The Balaban J connectivity index is 1.49. The van der Waals surface area contributed by atoms with E-state index in [0.717, 1.165) is 32.2 Å². The van der Waals surface area contributed by atoms with Crippen LogP contribution in [-0.4, -0.2) is 23.8 Å². The third-order valence-corrected chi connectivity index (χ3v) is 6.74. The van der Waals surface area contributed by atoms with E-state index < -0.39 is 0 Å². The number of furan rings is 1. The molecule has 0 atom stereocenters.